The molecule has 0 atom stereocenters. The first-order valence-corrected chi connectivity index (χ1v) is 11.2. The fourth-order valence-electron chi connectivity index (χ4n) is 1.83. The van der Waals surface area contributed by atoms with Gasteiger partial charge in [0.25, 0.3) is 0 Å². The van der Waals surface area contributed by atoms with Gasteiger partial charge < -0.3 is 113 Å². The molecule has 274 valence electrons. The molecule has 0 bridgehead atoms. The molecular formula is C12H24B6F24N2-6. The summed E-state index contributed by atoms with van der Waals surface area (Å²) in [6, 6.07) is 0. The lowest BCUT2D eigenvalue weighted by Gasteiger charge is -2.17. The fraction of sp³-hybridized carbons (Fsp3) is 0.833. The molecule has 32 heteroatoms. The van der Waals surface area contributed by atoms with Gasteiger partial charge in [-0.25, -0.2) is 0 Å². The Morgan fingerprint density at radius 2 is 0.636 bits per heavy atom. The zero-order valence-electron chi connectivity index (χ0n) is 22.2. The van der Waals surface area contributed by atoms with E-state index in [2.05, 4.69) is 36.2 Å². The highest BCUT2D eigenvalue weighted by Crippen LogP contribution is 2.10. The number of hydrogen-bond acceptors (Lipinski definition) is 2. The van der Waals surface area contributed by atoms with Crippen LogP contribution in [0.5, 0.6) is 0 Å². The van der Waals surface area contributed by atoms with E-state index in [1.807, 2.05) is 0 Å². The zero-order chi connectivity index (χ0) is 37.2. The molecule has 0 spiro atoms. The van der Waals surface area contributed by atoms with Gasteiger partial charge in [-0.1, -0.05) is 39.0 Å². The lowest BCUT2D eigenvalue weighted by Crippen LogP contribution is -2.23. The molecule has 1 rings (SSSR count). The highest BCUT2D eigenvalue weighted by Gasteiger charge is 2.22. The third kappa shape index (κ3) is 270. The van der Waals surface area contributed by atoms with E-state index in [1.165, 1.54) is 45.1 Å². The maximum Gasteiger partial charge on any atom is 0.673 e. The lowest BCUT2D eigenvalue weighted by atomic mass is 10.1. The van der Waals surface area contributed by atoms with Crippen LogP contribution in [0.3, 0.4) is 0 Å². The third-order valence-electron chi connectivity index (χ3n) is 2.74. The van der Waals surface area contributed by atoms with E-state index < -0.39 is 43.5 Å². The van der Waals surface area contributed by atoms with E-state index >= 15 is 0 Å². The van der Waals surface area contributed by atoms with Crippen LogP contribution in [0.1, 0.15) is 45.4 Å². The maximum atomic E-state index is 9.75. The van der Waals surface area contributed by atoms with Crippen LogP contribution in [-0.4, -0.2) is 73.6 Å². The van der Waals surface area contributed by atoms with E-state index in [-0.39, 0.29) is 0 Å². The first kappa shape index (κ1) is 54.5. The van der Waals surface area contributed by atoms with Crippen molar-refractivity contribution in [2.45, 2.75) is 45.4 Å². The number of hydrogen-bond donors (Lipinski definition) is 0. The molecular weight excluding hydrogens is 693 g/mol. The minimum Gasteiger partial charge on any atom is -0.418 e. The second-order valence-electron chi connectivity index (χ2n) is 7.25. The summed E-state index contributed by atoms with van der Waals surface area (Å²) in [5, 5.41) is 0. The number of nitrogens with zero attached hydrogens (tertiary/aromatic N) is 2. The molecule has 1 aliphatic rings. The third-order valence-corrected chi connectivity index (χ3v) is 2.74. The van der Waals surface area contributed by atoms with Crippen molar-refractivity contribution in [2.24, 2.45) is 0 Å². The molecule has 1 heterocycles. The Bertz CT molecular complexity index is 515. The van der Waals surface area contributed by atoms with Crippen LogP contribution >= 0.6 is 0 Å². The van der Waals surface area contributed by atoms with Gasteiger partial charge in [0.1, 0.15) is 0 Å². The number of rotatable bonds is 7. The van der Waals surface area contributed by atoms with Crippen LogP contribution in [0.2, 0.25) is 0 Å². The Balaban J connectivity index is -0.000000103. The van der Waals surface area contributed by atoms with Gasteiger partial charge in [-0.05, 0) is 6.42 Å². The summed E-state index contributed by atoms with van der Waals surface area (Å²) in [7, 11) is -33.9. The minimum absolute atomic E-state index is 1.08. The first-order chi connectivity index (χ1) is 18.8. The van der Waals surface area contributed by atoms with Gasteiger partial charge in [-0.15, -0.1) is 0 Å². The Morgan fingerprint density at radius 3 is 0.841 bits per heavy atom. The van der Waals surface area contributed by atoms with Crippen LogP contribution < -0.4 is 0 Å². The summed E-state index contributed by atoms with van der Waals surface area (Å²) in [6.45, 7) is 4.58. The van der Waals surface area contributed by atoms with Crippen molar-refractivity contribution in [3.63, 3.8) is 0 Å². The summed E-state index contributed by atoms with van der Waals surface area (Å²) in [5.41, 5.74) is 0. The molecule has 0 aliphatic carbocycles. The molecule has 0 radical (unpaired) electrons. The molecule has 0 saturated carbocycles. The van der Waals surface area contributed by atoms with E-state index in [1.54, 1.807) is 0 Å². The smallest absolute Gasteiger partial charge is 0.418 e. The molecule has 2 nitrogen and oxygen atoms in total. The molecule has 0 unspecified atom stereocenters. The molecule has 0 aromatic carbocycles. The summed E-state index contributed by atoms with van der Waals surface area (Å²) in [4.78, 5) is 4.61. The molecule has 0 saturated heterocycles. The van der Waals surface area contributed by atoms with Gasteiger partial charge in [-0.3, -0.25) is 0 Å². The Labute approximate surface area is 236 Å². The lowest BCUT2D eigenvalue weighted by molar-refractivity contribution is 0.290. The van der Waals surface area contributed by atoms with Crippen molar-refractivity contribution in [2.75, 3.05) is 20.3 Å². The van der Waals surface area contributed by atoms with Crippen LogP contribution in [0.15, 0.2) is 12.4 Å². The summed E-state index contributed by atoms with van der Waals surface area (Å²) in [5.74, 6) is 0. The normalized spacial score (nSPS) is 13.1. The molecule has 0 aromatic heterocycles. The Morgan fingerprint density at radius 1 is 0.409 bits per heavy atom. The minimum atomic E-state index is -6.00. The SMILES string of the molecule is CCCCCCCCN1C=CN(C)C1.F[B-](F)(F)F.F[B-](F)(F)F.F[B-](F)(F)F.F[B-](F)(F)F.F[B-](F)(F)F.F[B-](F)(F)F. The number of unbranched alkanes of at least 4 members (excludes halogenated alkanes) is 5. The van der Waals surface area contributed by atoms with Gasteiger partial charge >= 0.3 is 43.5 Å². The molecule has 0 N–H and O–H groups in total. The van der Waals surface area contributed by atoms with Crippen molar-refractivity contribution in [3.8, 4) is 0 Å². The van der Waals surface area contributed by atoms with Gasteiger partial charge in [0.05, 0.1) is 6.67 Å². The van der Waals surface area contributed by atoms with E-state index in [9.17, 15) is 104 Å². The summed E-state index contributed by atoms with van der Waals surface area (Å²) in [6.07, 6.45) is 12.7. The van der Waals surface area contributed by atoms with Gasteiger partial charge in [0.15, 0.2) is 0 Å². The molecule has 1 aliphatic heterocycles. The average Bonchev–Trinajstić information content (AvgIpc) is 3.01. The van der Waals surface area contributed by atoms with Crippen LogP contribution in [0, 0.1) is 0 Å². The largest absolute Gasteiger partial charge is 0.673 e. The summed E-state index contributed by atoms with van der Waals surface area (Å²) < 4.78 is 234. The maximum absolute atomic E-state index is 9.75. The van der Waals surface area contributed by atoms with Crippen molar-refractivity contribution in [3.05, 3.63) is 12.4 Å². The number of halogens is 24. The molecule has 0 amide bonds. The second kappa shape index (κ2) is 26.3. The predicted octanol–water partition coefficient (Wildman–Crippen LogP) is 10.8. The van der Waals surface area contributed by atoms with E-state index in [0.29, 0.717) is 0 Å². The van der Waals surface area contributed by atoms with Crippen LogP contribution in [0.25, 0.3) is 0 Å². The highest BCUT2D eigenvalue weighted by atomic mass is 19.5. The molecule has 0 aromatic rings. The Hall–Kier alpha value is -1.95. The van der Waals surface area contributed by atoms with Crippen molar-refractivity contribution in [1.82, 2.24) is 9.80 Å². The molecule has 44 heavy (non-hydrogen) atoms. The summed E-state index contributed by atoms with van der Waals surface area (Å²) >= 11 is 0. The topological polar surface area (TPSA) is 6.48 Å². The zero-order valence-corrected chi connectivity index (χ0v) is 22.2. The van der Waals surface area contributed by atoms with Gasteiger partial charge in [0.2, 0.25) is 0 Å². The highest BCUT2D eigenvalue weighted by molar-refractivity contribution is 6.51. The van der Waals surface area contributed by atoms with Crippen LogP contribution in [0.4, 0.5) is 104 Å². The van der Waals surface area contributed by atoms with E-state index in [0.717, 1.165) is 6.67 Å². The average molecular weight is 717 g/mol. The van der Waals surface area contributed by atoms with Crippen molar-refractivity contribution >= 4 is 43.5 Å². The fourth-order valence-corrected chi connectivity index (χ4v) is 1.83. The quantitative estimate of drug-likeness (QED) is 0.147. The van der Waals surface area contributed by atoms with Gasteiger partial charge in [0, 0.05) is 26.0 Å². The monoisotopic (exact) mass is 718 g/mol. The van der Waals surface area contributed by atoms with Crippen molar-refractivity contribution in [1.29, 1.82) is 0 Å². The van der Waals surface area contributed by atoms with Crippen LogP contribution in [-0.2, 0) is 0 Å². The predicted molar refractivity (Wildman–Crippen MR) is 123 cm³/mol. The van der Waals surface area contributed by atoms with Crippen molar-refractivity contribution < 1.29 is 104 Å². The second-order valence-corrected chi connectivity index (χ2v) is 7.25. The first-order valence-electron chi connectivity index (χ1n) is 11.2. The van der Waals surface area contributed by atoms with E-state index in [4.69, 9.17) is 0 Å². The molecule has 0 fully saturated rings. The Kier molecular flexibility index (Phi) is 32.6. The standard InChI is InChI=1S/C12H24N2.6BF4/c1-3-4-5-6-7-8-9-14-11-10-13(2)12-14;6*2-1(3,4)5/h10-11H,3-9,12H2,1-2H3;;;;;;/q;6*-1. The van der Waals surface area contributed by atoms with Gasteiger partial charge in [-0.2, -0.15) is 0 Å².